The highest BCUT2D eigenvalue weighted by molar-refractivity contribution is 7.26. The van der Waals surface area contributed by atoms with Crippen molar-refractivity contribution in [3.05, 3.63) is 78.2 Å². The second-order valence-corrected chi connectivity index (χ2v) is 8.42. The molecule has 6 nitrogen and oxygen atoms in total. The normalized spacial score (nSPS) is 10.5. The van der Waals surface area contributed by atoms with Gasteiger partial charge in [0.1, 0.15) is 5.01 Å². The van der Waals surface area contributed by atoms with Gasteiger partial charge in [0.2, 0.25) is 0 Å². The molecule has 2 heterocycles. The van der Waals surface area contributed by atoms with Gasteiger partial charge in [-0.25, -0.2) is 9.78 Å². The van der Waals surface area contributed by atoms with Crippen molar-refractivity contribution in [2.75, 3.05) is 17.2 Å². The van der Waals surface area contributed by atoms with Crippen LogP contribution in [-0.4, -0.2) is 23.5 Å². The van der Waals surface area contributed by atoms with Crippen molar-refractivity contribution in [2.45, 2.75) is 0 Å². The van der Waals surface area contributed by atoms with Crippen LogP contribution in [0.5, 0.6) is 0 Å². The van der Waals surface area contributed by atoms with Gasteiger partial charge < -0.3 is 16.0 Å². The summed E-state index contributed by atoms with van der Waals surface area (Å²) in [5, 5.41) is 9.12. The zero-order valence-corrected chi connectivity index (χ0v) is 17.5. The number of rotatable bonds is 6. The Morgan fingerprint density at radius 3 is 2.40 bits per heavy atom. The standard InChI is InChI=1S/C22H18N4O2S2/c1-2-13-23-22(28)25-15-9-7-14(8-10-15)24-20(27)18-11-12-19(29-18)21-26-16-5-3-4-6-17(16)30-21/h2-12H,1,13H2,(H,24,27)(H2,23,25,28). The number of carbonyl (C=O) groups is 2. The van der Waals surface area contributed by atoms with E-state index in [1.807, 2.05) is 30.3 Å². The summed E-state index contributed by atoms with van der Waals surface area (Å²) in [5.74, 6) is -0.184. The molecule has 0 spiro atoms. The first kappa shape index (κ1) is 19.8. The average molecular weight is 435 g/mol. The van der Waals surface area contributed by atoms with Gasteiger partial charge >= 0.3 is 6.03 Å². The molecule has 0 unspecified atom stereocenters. The van der Waals surface area contributed by atoms with Crippen LogP contribution in [0.1, 0.15) is 9.67 Å². The zero-order chi connectivity index (χ0) is 20.9. The van der Waals surface area contributed by atoms with Gasteiger partial charge in [-0.3, -0.25) is 4.79 Å². The molecule has 0 bridgehead atoms. The Bertz CT molecular complexity index is 1180. The number of amides is 3. The third kappa shape index (κ3) is 4.56. The Labute approximate surface area is 181 Å². The Morgan fingerprint density at radius 1 is 0.933 bits per heavy atom. The van der Waals surface area contributed by atoms with Gasteiger partial charge in [-0.1, -0.05) is 18.2 Å². The van der Waals surface area contributed by atoms with Crippen LogP contribution in [0.4, 0.5) is 16.2 Å². The SMILES string of the molecule is C=CCNC(=O)Nc1ccc(NC(=O)c2ccc(-c3nc4ccccc4s3)s2)cc1. The third-order valence-corrected chi connectivity index (χ3v) is 6.43. The van der Waals surface area contributed by atoms with Crippen LogP contribution in [0.25, 0.3) is 20.1 Å². The Kier molecular flexibility index (Phi) is 5.87. The first-order valence-electron chi connectivity index (χ1n) is 9.15. The highest BCUT2D eigenvalue weighted by Crippen LogP contribution is 2.34. The maximum atomic E-state index is 12.6. The van der Waals surface area contributed by atoms with Crippen LogP contribution in [0.3, 0.4) is 0 Å². The summed E-state index contributed by atoms with van der Waals surface area (Å²) in [6, 6.07) is 18.3. The minimum absolute atomic E-state index is 0.184. The topological polar surface area (TPSA) is 83.1 Å². The third-order valence-electron chi connectivity index (χ3n) is 4.14. The van der Waals surface area contributed by atoms with Gasteiger partial charge in [-0.2, -0.15) is 0 Å². The van der Waals surface area contributed by atoms with E-state index in [1.165, 1.54) is 11.3 Å². The monoisotopic (exact) mass is 434 g/mol. The zero-order valence-electron chi connectivity index (χ0n) is 15.8. The molecule has 4 aromatic rings. The van der Waals surface area contributed by atoms with Crippen molar-refractivity contribution < 1.29 is 9.59 Å². The molecule has 0 fully saturated rings. The molecule has 3 N–H and O–H groups in total. The first-order valence-corrected chi connectivity index (χ1v) is 10.8. The van der Waals surface area contributed by atoms with Crippen LogP contribution in [0, 0.1) is 0 Å². The van der Waals surface area contributed by atoms with Crippen molar-refractivity contribution in [2.24, 2.45) is 0 Å². The minimum Gasteiger partial charge on any atom is -0.334 e. The number of urea groups is 1. The first-order chi connectivity index (χ1) is 14.6. The number of nitrogens with zero attached hydrogens (tertiary/aromatic N) is 1. The van der Waals surface area contributed by atoms with Crippen molar-refractivity contribution in [1.82, 2.24) is 10.3 Å². The highest BCUT2D eigenvalue weighted by Gasteiger charge is 2.13. The van der Waals surface area contributed by atoms with E-state index in [0.29, 0.717) is 22.8 Å². The fourth-order valence-corrected chi connectivity index (χ4v) is 4.64. The highest BCUT2D eigenvalue weighted by atomic mass is 32.1. The second kappa shape index (κ2) is 8.89. The molecule has 0 saturated carbocycles. The van der Waals surface area contributed by atoms with Crippen LogP contribution >= 0.6 is 22.7 Å². The molecular formula is C22H18N4O2S2. The Balaban J connectivity index is 1.40. The van der Waals surface area contributed by atoms with Crippen molar-refractivity contribution in [3.8, 4) is 9.88 Å². The number of thiazole rings is 1. The summed E-state index contributed by atoms with van der Waals surface area (Å²) in [6.07, 6.45) is 1.60. The maximum Gasteiger partial charge on any atom is 0.319 e. The van der Waals surface area contributed by atoms with Gasteiger partial charge in [0.15, 0.2) is 0 Å². The van der Waals surface area contributed by atoms with E-state index in [1.54, 1.807) is 47.7 Å². The number of fused-ring (bicyclic) bond motifs is 1. The molecule has 0 aliphatic rings. The number of carbonyl (C=O) groups excluding carboxylic acids is 2. The molecule has 3 amide bonds. The fourth-order valence-electron chi connectivity index (χ4n) is 2.72. The van der Waals surface area contributed by atoms with E-state index in [-0.39, 0.29) is 11.9 Å². The fraction of sp³-hybridized carbons (Fsp3) is 0.0455. The number of anilines is 2. The number of benzene rings is 2. The molecule has 30 heavy (non-hydrogen) atoms. The summed E-state index contributed by atoms with van der Waals surface area (Å²) >= 11 is 3.02. The molecule has 4 rings (SSSR count). The lowest BCUT2D eigenvalue weighted by Crippen LogP contribution is -2.28. The summed E-state index contributed by atoms with van der Waals surface area (Å²) in [5.41, 5.74) is 2.24. The molecule has 0 atom stereocenters. The van der Waals surface area contributed by atoms with E-state index in [2.05, 4.69) is 27.5 Å². The van der Waals surface area contributed by atoms with E-state index >= 15 is 0 Å². The lowest BCUT2D eigenvalue weighted by atomic mass is 10.2. The maximum absolute atomic E-state index is 12.6. The van der Waals surface area contributed by atoms with Gasteiger partial charge in [-0.05, 0) is 48.5 Å². The Morgan fingerprint density at radius 2 is 1.67 bits per heavy atom. The molecule has 8 heteroatoms. The molecule has 2 aromatic carbocycles. The number of thiophene rings is 1. The molecule has 0 radical (unpaired) electrons. The largest absolute Gasteiger partial charge is 0.334 e. The van der Waals surface area contributed by atoms with E-state index in [0.717, 1.165) is 20.1 Å². The number of hydrogen-bond donors (Lipinski definition) is 3. The van der Waals surface area contributed by atoms with Crippen molar-refractivity contribution in [3.63, 3.8) is 0 Å². The summed E-state index contributed by atoms with van der Waals surface area (Å²) in [4.78, 5) is 30.5. The van der Waals surface area contributed by atoms with E-state index < -0.39 is 0 Å². The van der Waals surface area contributed by atoms with Crippen LogP contribution in [0.2, 0.25) is 0 Å². The molecule has 0 aliphatic heterocycles. The molecule has 0 saturated heterocycles. The quantitative estimate of drug-likeness (QED) is 0.346. The minimum atomic E-state index is -0.312. The van der Waals surface area contributed by atoms with Gasteiger partial charge in [-0.15, -0.1) is 29.3 Å². The predicted octanol–water partition coefficient (Wildman–Crippen LogP) is 5.58. The molecular weight excluding hydrogens is 416 g/mol. The molecule has 0 aliphatic carbocycles. The summed E-state index contributed by atoms with van der Waals surface area (Å²) in [7, 11) is 0. The lowest BCUT2D eigenvalue weighted by molar-refractivity contribution is 0.103. The molecule has 150 valence electrons. The Hall–Kier alpha value is -3.49. The summed E-state index contributed by atoms with van der Waals surface area (Å²) in [6.45, 7) is 3.94. The van der Waals surface area contributed by atoms with Gasteiger partial charge in [0.05, 0.1) is 20.0 Å². The van der Waals surface area contributed by atoms with Gasteiger partial charge in [0.25, 0.3) is 5.91 Å². The average Bonchev–Trinajstić information content (AvgIpc) is 3.40. The molecule has 2 aromatic heterocycles. The lowest BCUT2D eigenvalue weighted by Gasteiger charge is -2.08. The number of nitrogens with one attached hydrogen (secondary N) is 3. The van der Waals surface area contributed by atoms with Gasteiger partial charge in [0, 0.05) is 17.9 Å². The number of aromatic nitrogens is 1. The summed E-state index contributed by atoms with van der Waals surface area (Å²) < 4.78 is 1.12. The number of para-hydroxylation sites is 1. The second-order valence-electron chi connectivity index (χ2n) is 6.31. The van der Waals surface area contributed by atoms with Crippen LogP contribution < -0.4 is 16.0 Å². The van der Waals surface area contributed by atoms with E-state index in [4.69, 9.17) is 0 Å². The van der Waals surface area contributed by atoms with Crippen LogP contribution in [0.15, 0.2) is 73.3 Å². The van der Waals surface area contributed by atoms with Crippen LogP contribution in [-0.2, 0) is 0 Å². The van der Waals surface area contributed by atoms with Crippen molar-refractivity contribution in [1.29, 1.82) is 0 Å². The smallest absolute Gasteiger partial charge is 0.319 e. The van der Waals surface area contributed by atoms with E-state index in [9.17, 15) is 9.59 Å². The van der Waals surface area contributed by atoms with Crippen molar-refractivity contribution >= 4 is 56.2 Å². The predicted molar refractivity (Wildman–Crippen MR) is 125 cm³/mol. The number of hydrogen-bond acceptors (Lipinski definition) is 5.